The van der Waals surface area contributed by atoms with E-state index in [1.807, 2.05) is 13.0 Å². The summed E-state index contributed by atoms with van der Waals surface area (Å²) in [7, 11) is -1.54. The molecule has 0 saturated carbocycles. The molecule has 0 saturated heterocycles. The van der Waals surface area contributed by atoms with E-state index in [4.69, 9.17) is 4.43 Å². The molecule has 0 amide bonds. The normalized spacial score (nSPS) is 22.0. The molecular formula is C12H22O2Si. The van der Waals surface area contributed by atoms with Crippen molar-refractivity contribution in [2.24, 2.45) is 0 Å². The van der Waals surface area contributed by atoms with Gasteiger partial charge in [0.25, 0.3) is 0 Å². The van der Waals surface area contributed by atoms with Crippen molar-refractivity contribution in [3.8, 4) is 0 Å². The molecule has 1 aliphatic rings. The molecule has 0 spiro atoms. The smallest absolute Gasteiger partial charge is 0.192 e. The van der Waals surface area contributed by atoms with Gasteiger partial charge in [0.15, 0.2) is 14.1 Å². The molecule has 1 aliphatic carbocycles. The zero-order chi connectivity index (χ0) is 11.5. The van der Waals surface area contributed by atoms with E-state index in [2.05, 4.69) is 20.8 Å². The van der Waals surface area contributed by atoms with Gasteiger partial charge in [-0.3, -0.25) is 4.79 Å². The van der Waals surface area contributed by atoms with Gasteiger partial charge in [-0.25, -0.2) is 0 Å². The molecule has 3 heteroatoms. The molecule has 1 atom stereocenters. The van der Waals surface area contributed by atoms with Gasteiger partial charge in [0, 0.05) is 6.42 Å². The minimum absolute atomic E-state index is 0.0732. The molecule has 15 heavy (non-hydrogen) atoms. The van der Waals surface area contributed by atoms with Gasteiger partial charge in [0.2, 0.25) is 0 Å². The van der Waals surface area contributed by atoms with Gasteiger partial charge >= 0.3 is 0 Å². The maximum absolute atomic E-state index is 11.4. The summed E-state index contributed by atoms with van der Waals surface area (Å²) >= 11 is 0. The van der Waals surface area contributed by atoms with E-state index in [1.54, 1.807) is 0 Å². The lowest BCUT2D eigenvalue weighted by Crippen LogP contribution is -2.39. The highest BCUT2D eigenvalue weighted by Crippen LogP contribution is 2.27. The lowest BCUT2D eigenvalue weighted by atomic mass is 10.2. The Balaban J connectivity index is 2.65. The van der Waals surface area contributed by atoms with E-state index in [0.717, 1.165) is 23.7 Å². The van der Waals surface area contributed by atoms with Crippen LogP contribution in [0.4, 0.5) is 0 Å². The third kappa shape index (κ3) is 2.79. The summed E-state index contributed by atoms with van der Waals surface area (Å²) in [5.41, 5.74) is 0.881. The lowest BCUT2D eigenvalue weighted by molar-refractivity contribution is -0.115. The van der Waals surface area contributed by atoms with Crippen LogP contribution >= 0.6 is 0 Å². The number of Topliss-reactive ketones (excluding diaryl/α,β-unsaturated/α-hetero) is 1. The van der Waals surface area contributed by atoms with Crippen molar-refractivity contribution in [1.82, 2.24) is 0 Å². The van der Waals surface area contributed by atoms with Crippen LogP contribution in [-0.4, -0.2) is 20.2 Å². The van der Waals surface area contributed by atoms with Crippen molar-refractivity contribution in [2.75, 3.05) is 0 Å². The third-order valence-electron chi connectivity index (χ3n) is 3.60. The van der Waals surface area contributed by atoms with Gasteiger partial charge in [-0.15, -0.1) is 0 Å². The third-order valence-corrected chi connectivity index (χ3v) is 8.27. The number of hydrogen-bond acceptors (Lipinski definition) is 2. The summed E-state index contributed by atoms with van der Waals surface area (Å²) in [6.07, 6.45) is 2.65. The molecule has 0 fully saturated rings. The lowest BCUT2D eigenvalue weighted by Gasteiger charge is -2.30. The standard InChI is InChI=1S/C12H22O2Si/c1-5-15(6-2,7-3)14-11-8-10(4)12(13)9-11/h8,11H,5-7,9H2,1-4H3. The molecule has 2 nitrogen and oxygen atoms in total. The summed E-state index contributed by atoms with van der Waals surface area (Å²) in [5.74, 6) is 0.256. The highest BCUT2D eigenvalue weighted by molar-refractivity contribution is 6.73. The Morgan fingerprint density at radius 1 is 1.33 bits per heavy atom. The van der Waals surface area contributed by atoms with Gasteiger partial charge < -0.3 is 4.43 Å². The fourth-order valence-electron chi connectivity index (χ4n) is 2.17. The Hall–Kier alpha value is -0.413. The van der Waals surface area contributed by atoms with E-state index in [9.17, 15) is 4.79 Å². The molecule has 0 aromatic heterocycles. The fourth-order valence-corrected chi connectivity index (χ4v) is 4.96. The predicted molar refractivity (Wildman–Crippen MR) is 65.5 cm³/mol. The van der Waals surface area contributed by atoms with Gasteiger partial charge in [0.1, 0.15) is 0 Å². The van der Waals surface area contributed by atoms with Crippen LogP contribution < -0.4 is 0 Å². The highest BCUT2D eigenvalue weighted by atomic mass is 28.4. The minimum Gasteiger partial charge on any atom is -0.410 e. The average molecular weight is 226 g/mol. The van der Waals surface area contributed by atoms with Crippen molar-refractivity contribution < 1.29 is 9.22 Å². The fraction of sp³-hybridized carbons (Fsp3) is 0.750. The molecule has 0 aromatic rings. The van der Waals surface area contributed by atoms with E-state index in [0.29, 0.717) is 6.42 Å². The summed E-state index contributed by atoms with van der Waals surface area (Å²) in [6.45, 7) is 8.53. The second-order valence-corrected chi connectivity index (χ2v) is 9.10. The van der Waals surface area contributed by atoms with E-state index in [-0.39, 0.29) is 11.9 Å². The molecule has 1 unspecified atom stereocenters. The molecular weight excluding hydrogens is 204 g/mol. The summed E-state index contributed by atoms with van der Waals surface area (Å²) in [6, 6.07) is 3.45. The monoisotopic (exact) mass is 226 g/mol. The van der Waals surface area contributed by atoms with Crippen LogP contribution in [0.2, 0.25) is 18.1 Å². The largest absolute Gasteiger partial charge is 0.410 e. The number of ketones is 1. The van der Waals surface area contributed by atoms with Gasteiger partial charge in [-0.05, 0) is 30.6 Å². The highest BCUT2D eigenvalue weighted by Gasteiger charge is 2.34. The minimum atomic E-state index is -1.54. The van der Waals surface area contributed by atoms with E-state index in [1.165, 1.54) is 0 Å². The Kier molecular flexibility index (Phi) is 4.29. The molecule has 0 bridgehead atoms. The quantitative estimate of drug-likeness (QED) is 0.672. The molecule has 86 valence electrons. The van der Waals surface area contributed by atoms with Crippen LogP contribution in [0.15, 0.2) is 11.6 Å². The molecule has 0 aliphatic heterocycles. The second-order valence-electron chi connectivity index (χ2n) is 4.38. The van der Waals surface area contributed by atoms with Crippen molar-refractivity contribution in [3.05, 3.63) is 11.6 Å². The van der Waals surface area contributed by atoms with Crippen LogP contribution in [0.25, 0.3) is 0 Å². The first-order valence-electron chi connectivity index (χ1n) is 5.96. The maximum atomic E-state index is 11.4. The Labute approximate surface area is 93.8 Å². The zero-order valence-corrected chi connectivity index (χ0v) is 11.3. The van der Waals surface area contributed by atoms with Crippen molar-refractivity contribution in [1.29, 1.82) is 0 Å². The summed E-state index contributed by atoms with van der Waals surface area (Å²) in [4.78, 5) is 11.4. The molecule has 0 aromatic carbocycles. The van der Waals surface area contributed by atoms with Crippen LogP contribution in [0.3, 0.4) is 0 Å². The summed E-state index contributed by atoms with van der Waals surface area (Å²) < 4.78 is 6.23. The number of rotatable bonds is 5. The van der Waals surface area contributed by atoms with E-state index < -0.39 is 8.32 Å². The number of carbonyl (C=O) groups is 1. The van der Waals surface area contributed by atoms with Crippen LogP contribution in [0.5, 0.6) is 0 Å². The van der Waals surface area contributed by atoms with Crippen LogP contribution in [0.1, 0.15) is 34.1 Å². The van der Waals surface area contributed by atoms with Crippen molar-refractivity contribution in [3.63, 3.8) is 0 Å². The Bertz CT molecular complexity index is 259. The first-order valence-corrected chi connectivity index (χ1v) is 8.49. The number of carbonyl (C=O) groups excluding carboxylic acids is 1. The second kappa shape index (κ2) is 5.08. The van der Waals surface area contributed by atoms with Gasteiger partial charge in [-0.1, -0.05) is 26.8 Å². The molecule has 0 heterocycles. The topological polar surface area (TPSA) is 26.3 Å². The Morgan fingerprint density at radius 3 is 2.20 bits per heavy atom. The van der Waals surface area contributed by atoms with Crippen molar-refractivity contribution in [2.45, 2.75) is 58.4 Å². The number of allylic oxidation sites excluding steroid dienone is 1. The SMILES string of the molecule is CC[Si](CC)(CC)OC1C=C(C)C(=O)C1. The van der Waals surface area contributed by atoms with Gasteiger partial charge in [-0.2, -0.15) is 0 Å². The van der Waals surface area contributed by atoms with Crippen LogP contribution in [0, 0.1) is 0 Å². The average Bonchev–Trinajstić information content (AvgIpc) is 2.55. The van der Waals surface area contributed by atoms with Crippen LogP contribution in [-0.2, 0) is 9.22 Å². The number of hydrogen-bond donors (Lipinski definition) is 0. The first kappa shape index (κ1) is 12.7. The maximum Gasteiger partial charge on any atom is 0.192 e. The van der Waals surface area contributed by atoms with Gasteiger partial charge in [0.05, 0.1) is 6.10 Å². The Morgan fingerprint density at radius 2 is 1.87 bits per heavy atom. The molecule has 1 rings (SSSR count). The van der Waals surface area contributed by atoms with Crippen molar-refractivity contribution >= 4 is 14.1 Å². The first-order chi connectivity index (χ1) is 7.06. The molecule has 0 radical (unpaired) electrons. The van der Waals surface area contributed by atoms with E-state index >= 15 is 0 Å². The zero-order valence-electron chi connectivity index (χ0n) is 10.3. The summed E-state index contributed by atoms with van der Waals surface area (Å²) in [5, 5.41) is 0. The molecule has 0 N–H and O–H groups in total. The predicted octanol–water partition coefficient (Wildman–Crippen LogP) is 3.30.